The highest BCUT2D eigenvalue weighted by Gasteiger charge is 2.28. The maximum Gasteiger partial charge on any atom is 0.254 e. The van der Waals surface area contributed by atoms with Crippen LogP contribution < -0.4 is 5.32 Å². The zero-order chi connectivity index (χ0) is 16.1. The third-order valence-corrected chi connectivity index (χ3v) is 4.10. The number of hydrogen-bond acceptors (Lipinski definition) is 3. The van der Waals surface area contributed by atoms with E-state index in [9.17, 15) is 14.7 Å². The number of nitrogens with one attached hydrogen (secondary N) is 1. The van der Waals surface area contributed by atoms with Gasteiger partial charge in [-0.2, -0.15) is 0 Å². The van der Waals surface area contributed by atoms with Crippen LogP contribution in [-0.4, -0.2) is 47.6 Å². The molecule has 5 heteroatoms. The maximum absolute atomic E-state index is 12.8. The molecule has 0 aliphatic carbocycles. The highest BCUT2D eigenvalue weighted by Crippen LogP contribution is 2.23. The van der Waals surface area contributed by atoms with Crippen LogP contribution in [0.25, 0.3) is 0 Å². The minimum Gasteiger partial charge on any atom is -0.393 e. The summed E-state index contributed by atoms with van der Waals surface area (Å²) in [7, 11) is 1.57. The molecule has 0 radical (unpaired) electrons. The quantitative estimate of drug-likeness (QED) is 0.891. The van der Waals surface area contributed by atoms with E-state index in [4.69, 9.17) is 0 Å². The van der Waals surface area contributed by atoms with Crippen molar-refractivity contribution in [2.75, 3.05) is 13.6 Å². The van der Waals surface area contributed by atoms with Crippen molar-refractivity contribution in [2.24, 2.45) is 0 Å². The molecule has 2 atom stereocenters. The molecular formula is C17H24N2O3. The van der Waals surface area contributed by atoms with E-state index in [1.807, 2.05) is 4.90 Å². The predicted octanol–water partition coefficient (Wildman–Crippen LogP) is 1.81. The summed E-state index contributed by atoms with van der Waals surface area (Å²) >= 11 is 0. The van der Waals surface area contributed by atoms with Crippen LogP contribution >= 0.6 is 0 Å². The van der Waals surface area contributed by atoms with E-state index in [1.165, 1.54) is 0 Å². The van der Waals surface area contributed by atoms with Crippen LogP contribution in [-0.2, 0) is 0 Å². The smallest absolute Gasteiger partial charge is 0.254 e. The van der Waals surface area contributed by atoms with Gasteiger partial charge in [-0.25, -0.2) is 0 Å². The molecule has 2 amide bonds. The molecule has 1 aromatic carbocycles. The van der Waals surface area contributed by atoms with Gasteiger partial charge in [-0.05, 0) is 50.8 Å². The molecule has 120 valence electrons. The van der Waals surface area contributed by atoms with Crippen LogP contribution in [0.3, 0.4) is 0 Å². The molecule has 2 rings (SSSR count). The summed E-state index contributed by atoms with van der Waals surface area (Å²) in [6.45, 7) is 2.46. The number of likely N-dealkylation sites (tertiary alicyclic amines) is 1. The van der Waals surface area contributed by atoms with Crippen LogP contribution in [0.5, 0.6) is 0 Å². The Bertz CT molecular complexity index is 542. The minimum atomic E-state index is -0.421. The third-order valence-electron chi connectivity index (χ3n) is 4.10. The highest BCUT2D eigenvalue weighted by atomic mass is 16.3. The SMILES string of the molecule is CNC(=O)c1cccc(C(=O)N2CCCCC2CC(C)O)c1. The molecule has 0 saturated carbocycles. The Morgan fingerprint density at radius 1 is 1.36 bits per heavy atom. The van der Waals surface area contributed by atoms with Crippen LogP contribution in [0, 0.1) is 0 Å². The Balaban J connectivity index is 2.20. The zero-order valence-corrected chi connectivity index (χ0v) is 13.2. The number of aliphatic hydroxyl groups is 1. The Morgan fingerprint density at radius 3 is 2.77 bits per heavy atom. The van der Waals surface area contributed by atoms with E-state index in [0.29, 0.717) is 24.1 Å². The van der Waals surface area contributed by atoms with Crippen LogP contribution in [0.2, 0.25) is 0 Å². The summed E-state index contributed by atoms with van der Waals surface area (Å²) < 4.78 is 0. The van der Waals surface area contributed by atoms with Crippen LogP contribution in [0.4, 0.5) is 0 Å². The van der Waals surface area contributed by atoms with Crippen molar-refractivity contribution in [3.63, 3.8) is 0 Å². The lowest BCUT2D eigenvalue weighted by Crippen LogP contribution is -2.45. The second kappa shape index (κ2) is 7.40. The van der Waals surface area contributed by atoms with Crippen LogP contribution in [0.15, 0.2) is 24.3 Å². The van der Waals surface area contributed by atoms with Gasteiger partial charge in [0.2, 0.25) is 0 Å². The first-order valence-electron chi connectivity index (χ1n) is 7.84. The number of carbonyl (C=O) groups excluding carboxylic acids is 2. The molecule has 1 saturated heterocycles. The number of nitrogens with zero attached hydrogens (tertiary/aromatic N) is 1. The van der Waals surface area contributed by atoms with Crippen molar-refractivity contribution >= 4 is 11.8 Å². The summed E-state index contributed by atoms with van der Waals surface area (Å²) in [6.07, 6.45) is 3.17. The maximum atomic E-state index is 12.8. The highest BCUT2D eigenvalue weighted by molar-refractivity contribution is 5.99. The van der Waals surface area contributed by atoms with E-state index in [0.717, 1.165) is 19.3 Å². The van der Waals surface area contributed by atoms with Crippen molar-refractivity contribution in [3.05, 3.63) is 35.4 Å². The standard InChI is InChI=1S/C17H24N2O3/c1-12(20)10-15-8-3-4-9-19(15)17(22)14-7-5-6-13(11-14)16(21)18-2/h5-7,11-12,15,20H,3-4,8-10H2,1-2H3,(H,18,21). The van der Waals surface area contributed by atoms with Gasteiger partial charge >= 0.3 is 0 Å². The molecule has 0 aromatic heterocycles. The van der Waals surface area contributed by atoms with Gasteiger partial charge in [-0.15, -0.1) is 0 Å². The number of piperidine rings is 1. The second-order valence-corrected chi connectivity index (χ2v) is 5.89. The lowest BCUT2D eigenvalue weighted by atomic mass is 9.96. The number of rotatable bonds is 4. The minimum absolute atomic E-state index is 0.0592. The van der Waals surface area contributed by atoms with E-state index in [2.05, 4.69) is 5.32 Å². The van der Waals surface area contributed by atoms with E-state index in [1.54, 1.807) is 38.2 Å². The molecule has 0 spiro atoms. The van der Waals surface area contributed by atoms with Gasteiger partial charge in [0.25, 0.3) is 11.8 Å². The Morgan fingerprint density at radius 2 is 2.09 bits per heavy atom. The normalized spacial score (nSPS) is 19.6. The van der Waals surface area contributed by atoms with Crippen molar-refractivity contribution in [1.29, 1.82) is 0 Å². The first kappa shape index (κ1) is 16.5. The molecule has 1 heterocycles. The molecule has 22 heavy (non-hydrogen) atoms. The second-order valence-electron chi connectivity index (χ2n) is 5.89. The molecule has 5 nitrogen and oxygen atoms in total. The summed E-state index contributed by atoms with van der Waals surface area (Å²) in [5.74, 6) is -0.259. The van der Waals surface area contributed by atoms with Crippen molar-refractivity contribution < 1.29 is 14.7 Å². The number of hydrogen-bond donors (Lipinski definition) is 2. The van der Waals surface area contributed by atoms with Crippen molar-refractivity contribution in [1.82, 2.24) is 10.2 Å². The van der Waals surface area contributed by atoms with Gasteiger partial charge < -0.3 is 15.3 Å². The third kappa shape index (κ3) is 3.85. The summed E-state index contributed by atoms with van der Waals surface area (Å²) in [5.41, 5.74) is 1.01. The van der Waals surface area contributed by atoms with Crippen molar-refractivity contribution in [3.8, 4) is 0 Å². The summed E-state index contributed by atoms with van der Waals surface area (Å²) in [4.78, 5) is 26.3. The Hall–Kier alpha value is -1.88. The topological polar surface area (TPSA) is 69.6 Å². The van der Waals surface area contributed by atoms with E-state index < -0.39 is 6.10 Å². The number of aliphatic hydroxyl groups excluding tert-OH is 1. The largest absolute Gasteiger partial charge is 0.393 e. The molecule has 0 bridgehead atoms. The van der Waals surface area contributed by atoms with Gasteiger partial charge in [0, 0.05) is 30.8 Å². The number of benzene rings is 1. The Kier molecular flexibility index (Phi) is 5.55. The molecular weight excluding hydrogens is 280 g/mol. The molecule has 2 unspecified atom stereocenters. The fraction of sp³-hybridized carbons (Fsp3) is 0.529. The number of amides is 2. The monoisotopic (exact) mass is 304 g/mol. The fourth-order valence-corrected chi connectivity index (χ4v) is 3.01. The van der Waals surface area contributed by atoms with Gasteiger partial charge in [0.05, 0.1) is 6.10 Å². The first-order chi connectivity index (χ1) is 10.5. The molecule has 2 N–H and O–H groups in total. The van der Waals surface area contributed by atoms with Crippen LogP contribution in [0.1, 0.15) is 53.3 Å². The molecule has 1 fully saturated rings. The predicted molar refractivity (Wildman–Crippen MR) is 84.8 cm³/mol. The van der Waals surface area contributed by atoms with Gasteiger partial charge in [0.15, 0.2) is 0 Å². The fourth-order valence-electron chi connectivity index (χ4n) is 3.01. The van der Waals surface area contributed by atoms with E-state index in [-0.39, 0.29) is 17.9 Å². The molecule has 1 aromatic rings. The zero-order valence-electron chi connectivity index (χ0n) is 13.2. The van der Waals surface area contributed by atoms with Gasteiger partial charge in [-0.3, -0.25) is 9.59 Å². The van der Waals surface area contributed by atoms with E-state index >= 15 is 0 Å². The summed E-state index contributed by atoms with van der Waals surface area (Å²) in [5, 5.41) is 12.2. The number of carbonyl (C=O) groups is 2. The van der Waals surface area contributed by atoms with Gasteiger partial charge in [-0.1, -0.05) is 6.07 Å². The van der Waals surface area contributed by atoms with Crippen molar-refractivity contribution in [2.45, 2.75) is 44.8 Å². The average molecular weight is 304 g/mol. The lowest BCUT2D eigenvalue weighted by molar-refractivity contribution is 0.0515. The average Bonchev–Trinajstić information content (AvgIpc) is 2.53. The van der Waals surface area contributed by atoms with Gasteiger partial charge in [0.1, 0.15) is 0 Å². The molecule has 1 aliphatic rings. The lowest BCUT2D eigenvalue weighted by Gasteiger charge is -2.36. The molecule has 1 aliphatic heterocycles. The first-order valence-corrected chi connectivity index (χ1v) is 7.84. The Labute approximate surface area is 131 Å². The summed E-state index contributed by atoms with van der Waals surface area (Å²) in [6, 6.07) is 6.87.